The Hall–Kier alpha value is -3.17. The lowest BCUT2D eigenvalue weighted by molar-refractivity contribution is -0.138. The van der Waals surface area contributed by atoms with Gasteiger partial charge in [-0.1, -0.05) is 13.8 Å². The van der Waals surface area contributed by atoms with Crippen LogP contribution in [-0.4, -0.2) is 143 Å². The minimum absolute atomic E-state index is 0.0605. The van der Waals surface area contributed by atoms with Gasteiger partial charge >= 0.3 is 18.3 Å². The van der Waals surface area contributed by atoms with Crippen LogP contribution in [0, 0.1) is 0 Å². The van der Waals surface area contributed by atoms with Crippen LogP contribution < -0.4 is 10.6 Å². The van der Waals surface area contributed by atoms with Crippen molar-refractivity contribution in [1.82, 2.24) is 25.3 Å². The summed E-state index contributed by atoms with van der Waals surface area (Å²) in [5.41, 5.74) is 0. The van der Waals surface area contributed by atoms with Gasteiger partial charge in [0.15, 0.2) is 0 Å². The molecule has 15 nitrogen and oxygen atoms in total. The van der Waals surface area contributed by atoms with Gasteiger partial charge in [0.05, 0.1) is 19.6 Å². The van der Waals surface area contributed by atoms with E-state index in [0.29, 0.717) is 52.4 Å². The average Bonchev–Trinajstić information content (AvgIpc) is 2.71. The van der Waals surface area contributed by atoms with E-state index in [2.05, 4.69) is 10.6 Å². The average molecular weight is 484 g/mol. The number of carbonyl (C=O) groups excluding carboxylic acids is 2. The Labute approximate surface area is 192 Å². The van der Waals surface area contributed by atoms with Crippen LogP contribution in [-0.2, 0) is 14.4 Å². The first-order valence-corrected chi connectivity index (χ1v) is 9.96. The molecule has 194 valence electrons. The molecule has 0 aromatic carbocycles. The monoisotopic (exact) mass is 483 g/mol. The van der Waals surface area contributed by atoms with Gasteiger partial charge in [-0.25, -0.2) is 9.59 Å². The molecule has 0 saturated carbocycles. The van der Waals surface area contributed by atoms with E-state index < -0.39 is 18.3 Å². The van der Waals surface area contributed by atoms with Crippen molar-refractivity contribution in [3.05, 3.63) is 0 Å². The first-order chi connectivity index (χ1) is 15.3. The minimum atomic E-state index is -1.83. The van der Waals surface area contributed by atoms with Gasteiger partial charge in [-0.2, -0.15) is 0 Å². The van der Waals surface area contributed by atoms with Crippen LogP contribution in [0.1, 0.15) is 13.8 Å². The predicted molar refractivity (Wildman–Crippen MR) is 118 cm³/mol. The van der Waals surface area contributed by atoms with Gasteiger partial charge in [0.25, 0.3) is 0 Å². The maximum absolute atomic E-state index is 11.5. The molecular formula is C18H37N5O10. The molecule has 7 N–H and O–H groups in total. The van der Waals surface area contributed by atoms with Crippen LogP contribution in [0.3, 0.4) is 0 Å². The van der Waals surface area contributed by atoms with Crippen molar-refractivity contribution < 1.29 is 49.5 Å². The molecule has 0 aliphatic heterocycles. The van der Waals surface area contributed by atoms with Gasteiger partial charge in [0.1, 0.15) is 0 Å². The number of rotatable bonds is 14. The Balaban J connectivity index is -0.000000962. The molecule has 0 aliphatic carbocycles. The Kier molecular flexibility index (Phi) is 23.0. The molecule has 0 saturated heterocycles. The van der Waals surface area contributed by atoms with Crippen molar-refractivity contribution >= 4 is 30.1 Å². The molecule has 0 radical (unpaired) electrons. The summed E-state index contributed by atoms with van der Waals surface area (Å²) in [6.07, 6.45) is -3.67. The number of carboxylic acid groups (broad SMARTS) is 5. The molecule has 0 spiro atoms. The van der Waals surface area contributed by atoms with E-state index >= 15 is 0 Å². The molecule has 0 bridgehead atoms. The zero-order valence-corrected chi connectivity index (χ0v) is 19.5. The van der Waals surface area contributed by atoms with Crippen molar-refractivity contribution in [3.63, 3.8) is 0 Å². The number of aliphatic carboxylic acids is 1. The standard InChI is InChI=1S/C16H33N5O4.2CH2O3/c1-5-19(11-14(22)17-3)7-9-21(13-16(24)25)10-8-20(6-2)12-15(23)18-4;2*2-1(3)4/h5-13H2,1-4H3,(H,17,22)(H,18,23)(H,24,25);2*(H2,2,3,4). The first kappa shape index (κ1) is 34.4. The molecule has 0 aliphatic rings. The van der Waals surface area contributed by atoms with E-state index in [4.69, 9.17) is 35.1 Å². The van der Waals surface area contributed by atoms with Crippen LogP contribution in [0.5, 0.6) is 0 Å². The van der Waals surface area contributed by atoms with E-state index in [1.54, 1.807) is 14.1 Å². The fraction of sp³-hybridized carbons (Fsp3) is 0.722. The van der Waals surface area contributed by atoms with E-state index in [0.717, 1.165) is 0 Å². The van der Waals surface area contributed by atoms with Crippen LogP contribution in [0.25, 0.3) is 0 Å². The third-order valence-corrected chi connectivity index (χ3v) is 4.01. The van der Waals surface area contributed by atoms with Gasteiger partial charge in [-0.15, -0.1) is 0 Å². The number of nitrogens with one attached hydrogen (secondary N) is 2. The van der Waals surface area contributed by atoms with Crippen LogP contribution >= 0.6 is 0 Å². The normalized spacial score (nSPS) is 9.91. The van der Waals surface area contributed by atoms with E-state index in [1.807, 2.05) is 28.5 Å². The maximum Gasteiger partial charge on any atom is 0.503 e. The zero-order valence-electron chi connectivity index (χ0n) is 19.5. The summed E-state index contributed by atoms with van der Waals surface area (Å²) in [6.45, 7) is 8.21. The fourth-order valence-electron chi connectivity index (χ4n) is 2.29. The largest absolute Gasteiger partial charge is 0.503 e. The molecule has 0 rings (SSSR count). The molecular weight excluding hydrogens is 446 g/mol. The van der Waals surface area contributed by atoms with Crippen molar-refractivity contribution in [2.24, 2.45) is 0 Å². The Morgan fingerprint density at radius 1 is 0.576 bits per heavy atom. The topological polar surface area (TPSA) is 220 Å². The van der Waals surface area contributed by atoms with E-state index in [1.165, 1.54) is 0 Å². The van der Waals surface area contributed by atoms with E-state index in [9.17, 15) is 14.4 Å². The second kappa shape index (κ2) is 22.0. The molecule has 2 amide bonds. The zero-order chi connectivity index (χ0) is 26.4. The van der Waals surface area contributed by atoms with E-state index in [-0.39, 0.29) is 18.4 Å². The first-order valence-electron chi connectivity index (χ1n) is 9.96. The SMILES string of the molecule is CCN(CCN(CCN(CC)CC(=O)NC)CC(=O)O)CC(=O)NC.O=C(O)O.O=C(O)O. The molecule has 0 aromatic rings. The predicted octanol–water partition coefficient (Wildman–Crippen LogP) is -1.05. The summed E-state index contributed by atoms with van der Waals surface area (Å²) in [5.74, 6) is -1.01. The van der Waals surface area contributed by atoms with Gasteiger partial charge in [-0.3, -0.25) is 29.1 Å². The Morgan fingerprint density at radius 2 is 0.848 bits per heavy atom. The minimum Gasteiger partial charge on any atom is -0.480 e. The fourth-order valence-corrected chi connectivity index (χ4v) is 2.29. The van der Waals surface area contributed by atoms with Crippen molar-refractivity contribution in [3.8, 4) is 0 Å². The summed E-state index contributed by atoms with van der Waals surface area (Å²) < 4.78 is 0. The Bertz CT molecular complexity index is 541. The number of carboxylic acids is 1. The molecule has 0 unspecified atom stereocenters. The van der Waals surface area contributed by atoms with Crippen LogP contribution in [0.15, 0.2) is 0 Å². The lowest BCUT2D eigenvalue weighted by Gasteiger charge is -2.28. The summed E-state index contributed by atoms with van der Waals surface area (Å²) >= 11 is 0. The highest BCUT2D eigenvalue weighted by Crippen LogP contribution is 1.96. The molecule has 0 atom stereocenters. The quantitative estimate of drug-likeness (QED) is 0.157. The maximum atomic E-state index is 11.5. The highest BCUT2D eigenvalue weighted by atomic mass is 16.6. The van der Waals surface area contributed by atoms with Gasteiger partial charge in [-0.05, 0) is 13.1 Å². The third kappa shape index (κ3) is 28.8. The Morgan fingerprint density at radius 3 is 1.06 bits per heavy atom. The number of carbonyl (C=O) groups is 5. The van der Waals surface area contributed by atoms with Gasteiger partial charge in [0.2, 0.25) is 11.8 Å². The second-order valence-electron chi connectivity index (χ2n) is 6.32. The number of likely N-dealkylation sites (N-methyl/N-ethyl adjacent to an activating group) is 4. The highest BCUT2D eigenvalue weighted by Gasteiger charge is 2.15. The third-order valence-electron chi connectivity index (χ3n) is 4.01. The number of amides is 2. The lowest BCUT2D eigenvalue weighted by atomic mass is 10.3. The molecule has 33 heavy (non-hydrogen) atoms. The molecule has 0 fully saturated rings. The highest BCUT2D eigenvalue weighted by molar-refractivity contribution is 5.78. The van der Waals surface area contributed by atoms with Crippen LogP contribution in [0.2, 0.25) is 0 Å². The molecule has 0 aromatic heterocycles. The lowest BCUT2D eigenvalue weighted by Crippen LogP contribution is -2.45. The molecule has 0 heterocycles. The number of hydrogen-bond acceptors (Lipinski definition) is 8. The smallest absolute Gasteiger partial charge is 0.480 e. The van der Waals surface area contributed by atoms with Crippen LogP contribution in [0.4, 0.5) is 9.59 Å². The summed E-state index contributed by atoms with van der Waals surface area (Å²) in [4.78, 5) is 56.9. The van der Waals surface area contributed by atoms with Crippen molar-refractivity contribution in [2.45, 2.75) is 13.8 Å². The summed E-state index contributed by atoms with van der Waals surface area (Å²) in [6, 6.07) is 0. The van der Waals surface area contributed by atoms with Gasteiger partial charge < -0.3 is 36.2 Å². The summed E-state index contributed by atoms with van der Waals surface area (Å²) in [7, 11) is 3.19. The number of hydrogen-bond donors (Lipinski definition) is 7. The summed E-state index contributed by atoms with van der Waals surface area (Å²) in [5, 5.41) is 42.2. The number of nitrogens with zero attached hydrogens (tertiary/aromatic N) is 3. The molecule has 15 heteroatoms. The van der Waals surface area contributed by atoms with Gasteiger partial charge in [0, 0.05) is 40.3 Å². The van der Waals surface area contributed by atoms with Crippen molar-refractivity contribution in [1.29, 1.82) is 0 Å². The second-order valence-corrected chi connectivity index (χ2v) is 6.32. The van der Waals surface area contributed by atoms with Crippen molar-refractivity contribution in [2.75, 3.05) is 73.0 Å².